The number of benzene rings is 1. The Balaban J connectivity index is 2.61. The van der Waals surface area contributed by atoms with E-state index in [1.54, 1.807) is 25.3 Å². The van der Waals surface area contributed by atoms with Gasteiger partial charge in [0.15, 0.2) is 0 Å². The number of methoxy groups -OCH3 is 1. The number of nitrogen functional groups attached to an aromatic ring is 1. The maximum Gasteiger partial charge on any atom is 0.142 e. The molecule has 1 unspecified atom stereocenters. The molecule has 0 bridgehead atoms. The third-order valence-corrected chi connectivity index (χ3v) is 2.61. The van der Waals surface area contributed by atoms with Gasteiger partial charge in [-0.2, -0.15) is 0 Å². The third-order valence-electron chi connectivity index (χ3n) is 2.61. The van der Waals surface area contributed by atoms with Gasteiger partial charge in [0, 0.05) is 6.07 Å². The first-order valence-electron chi connectivity index (χ1n) is 5.59. The molecule has 3 N–H and O–H groups in total. The van der Waals surface area contributed by atoms with Crippen molar-refractivity contribution in [2.24, 2.45) is 5.41 Å². The molecule has 1 aromatic rings. The zero-order valence-corrected chi connectivity index (χ0v) is 10.9. The molecule has 0 heterocycles. The van der Waals surface area contributed by atoms with Gasteiger partial charge in [0.25, 0.3) is 0 Å². The van der Waals surface area contributed by atoms with Crippen LogP contribution in [0.15, 0.2) is 18.2 Å². The van der Waals surface area contributed by atoms with Crippen molar-refractivity contribution in [3.63, 3.8) is 0 Å². The summed E-state index contributed by atoms with van der Waals surface area (Å²) < 4.78 is 10.5. The lowest BCUT2D eigenvalue weighted by molar-refractivity contribution is 0.0218. The number of aliphatic hydroxyl groups is 1. The largest absolute Gasteiger partial charge is 0.495 e. The Kier molecular flexibility index (Phi) is 4.23. The second kappa shape index (κ2) is 5.27. The first-order valence-corrected chi connectivity index (χ1v) is 5.59. The van der Waals surface area contributed by atoms with Crippen molar-refractivity contribution in [2.75, 3.05) is 19.5 Å². The lowest BCUT2D eigenvalue weighted by atomic mass is 9.90. The number of anilines is 1. The molecule has 0 fully saturated rings. The van der Waals surface area contributed by atoms with Gasteiger partial charge in [0.2, 0.25) is 0 Å². The average Bonchev–Trinajstić information content (AvgIpc) is 2.24. The molecule has 0 amide bonds. The summed E-state index contributed by atoms with van der Waals surface area (Å²) in [5.41, 5.74) is 6.08. The van der Waals surface area contributed by atoms with Crippen molar-refractivity contribution < 1.29 is 14.6 Å². The quantitative estimate of drug-likeness (QED) is 0.789. The fraction of sp³-hybridized carbons (Fsp3) is 0.538. The summed E-state index contributed by atoms with van der Waals surface area (Å²) in [5, 5.41) is 9.84. The Morgan fingerprint density at radius 1 is 1.35 bits per heavy atom. The Hall–Kier alpha value is -1.42. The molecule has 4 nitrogen and oxygen atoms in total. The smallest absolute Gasteiger partial charge is 0.142 e. The van der Waals surface area contributed by atoms with Crippen LogP contribution in [0.5, 0.6) is 11.5 Å². The van der Waals surface area contributed by atoms with Gasteiger partial charge in [-0.05, 0) is 17.5 Å². The summed E-state index contributed by atoms with van der Waals surface area (Å²) in [7, 11) is 1.57. The van der Waals surface area contributed by atoms with Crippen molar-refractivity contribution in [3.05, 3.63) is 18.2 Å². The Labute approximate surface area is 102 Å². The summed E-state index contributed by atoms with van der Waals surface area (Å²) in [6.45, 7) is 6.13. The van der Waals surface area contributed by atoms with Crippen LogP contribution in [0.4, 0.5) is 5.69 Å². The van der Waals surface area contributed by atoms with E-state index in [4.69, 9.17) is 15.2 Å². The number of aliphatic hydroxyl groups excluding tert-OH is 1. The molecule has 17 heavy (non-hydrogen) atoms. The monoisotopic (exact) mass is 239 g/mol. The van der Waals surface area contributed by atoms with E-state index in [0.29, 0.717) is 17.2 Å². The fourth-order valence-electron chi connectivity index (χ4n) is 1.23. The van der Waals surface area contributed by atoms with Crippen LogP contribution in [0, 0.1) is 5.41 Å². The highest BCUT2D eigenvalue weighted by atomic mass is 16.5. The van der Waals surface area contributed by atoms with E-state index >= 15 is 0 Å². The van der Waals surface area contributed by atoms with Crippen LogP contribution in [0.1, 0.15) is 20.8 Å². The molecule has 0 aliphatic carbocycles. The van der Waals surface area contributed by atoms with Crippen LogP contribution < -0.4 is 15.2 Å². The molecular formula is C13H21NO3. The number of nitrogens with two attached hydrogens (primary N) is 1. The number of hydrogen-bond donors (Lipinski definition) is 2. The molecule has 96 valence electrons. The van der Waals surface area contributed by atoms with E-state index in [2.05, 4.69) is 0 Å². The molecule has 0 aromatic heterocycles. The second-order valence-corrected chi connectivity index (χ2v) is 5.10. The third kappa shape index (κ3) is 3.82. The fourth-order valence-corrected chi connectivity index (χ4v) is 1.23. The molecule has 0 saturated carbocycles. The van der Waals surface area contributed by atoms with E-state index in [0.717, 1.165) is 0 Å². The Morgan fingerprint density at radius 2 is 2.00 bits per heavy atom. The first-order chi connectivity index (χ1) is 7.84. The van der Waals surface area contributed by atoms with Gasteiger partial charge in [0.1, 0.15) is 18.1 Å². The van der Waals surface area contributed by atoms with Crippen molar-refractivity contribution in [3.8, 4) is 11.5 Å². The molecule has 0 aliphatic rings. The normalized spacial score (nSPS) is 13.2. The highest BCUT2D eigenvalue weighted by molar-refractivity contribution is 5.56. The van der Waals surface area contributed by atoms with Gasteiger partial charge in [-0.3, -0.25) is 0 Å². The zero-order valence-electron chi connectivity index (χ0n) is 10.9. The van der Waals surface area contributed by atoms with Crippen LogP contribution >= 0.6 is 0 Å². The summed E-state index contributed by atoms with van der Waals surface area (Å²) in [5.74, 6) is 1.25. The predicted molar refractivity (Wildman–Crippen MR) is 68.4 cm³/mol. The zero-order chi connectivity index (χ0) is 13.1. The maximum absolute atomic E-state index is 9.84. The second-order valence-electron chi connectivity index (χ2n) is 5.10. The summed E-state index contributed by atoms with van der Waals surface area (Å²) in [6.07, 6.45) is -0.522. The molecule has 0 saturated heterocycles. The first kappa shape index (κ1) is 13.6. The standard InChI is InChI=1S/C13H21NO3/c1-13(2,3)12(15)8-17-9-5-6-11(16-4)10(14)7-9/h5-7,12,15H,8,14H2,1-4H3. The maximum atomic E-state index is 9.84. The lowest BCUT2D eigenvalue weighted by Crippen LogP contribution is -2.31. The van der Waals surface area contributed by atoms with Crippen LogP contribution in [0.25, 0.3) is 0 Å². The van der Waals surface area contributed by atoms with E-state index in [1.807, 2.05) is 20.8 Å². The number of rotatable bonds is 4. The predicted octanol–water partition coefficient (Wildman–Crippen LogP) is 2.06. The Morgan fingerprint density at radius 3 is 2.47 bits per heavy atom. The topological polar surface area (TPSA) is 64.7 Å². The number of hydrogen-bond acceptors (Lipinski definition) is 4. The summed E-state index contributed by atoms with van der Waals surface area (Å²) in [4.78, 5) is 0. The Bertz CT molecular complexity index is 371. The van der Waals surface area contributed by atoms with Crippen LogP contribution in [-0.4, -0.2) is 24.9 Å². The van der Waals surface area contributed by atoms with Crippen molar-refractivity contribution in [1.82, 2.24) is 0 Å². The van der Waals surface area contributed by atoms with Crippen molar-refractivity contribution in [1.29, 1.82) is 0 Å². The van der Waals surface area contributed by atoms with E-state index in [-0.39, 0.29) is 12.0 Å². The summed E-state index contributed by atoms with van der Waals surface area (Å²) >= 11 is 0. The van der Waals surface area contributed by atoms with Gasteiger partial charge in [0.05, 0.1) is 18.9 Å². The lowest BCUT2D eigenvalue weighted by Gasteiger charge is -2.25. The van der Waals surface area contributed by atoms with Crippen molar-refractivity contribution in [2.45, 2.75) is 26.9 Å². The van der Waals surface area contributed by atoms with Crippen LogP contribution in [0.2, 0.25) is 0 Å². The SMILES string of the molecule is COc1ccc(OCC(O)C(C)(C)C)cc1N. The summed E-state index contributed by atoms with van der Waals surface area (Å²) in [6, 6.07) is 5.20. The van der Waals surface area contributed by atoms with Crippen LogP contribution in [-0.2, 0) is 0 Å². The molecule has 0 spiro atoms. The molecule has 4 heteroatoms. The van der Waals surface area contributed by atoms with E-state index < -0.39 is 6.10 Å². The molecule has 1 atom stereocenters. The molecular weight excluding hydrogens is 218 g/mol. The highest BCUT2D eigenvalue weighted by Gasteiger charge is 2.22. The van der Waals surface area contributed by atoms with Gasteiger partial charge in [-0.1, -0.05) is 20.8 Å². The van der Waals surface area contributed by atoms with Crippen molar-refractivity contribution >= 4 is 5.69 Å². The minimum Gasteiger partial charge on any atom is -0.495 e. The van der Waals surface area contributed by atoms with Crippen LogP contribution in [0.3, 0.4) is 0 Å². The molecule has 1 rings (SSSR count). The highest BCUT2D eigenvalue weighted by Crippen LogP contribution is 2.27. The van der Waals surface area contributed by atoms with E-state index in [1.165, 1.54) is 0 Å². The van der Waals surface area contributed by atoms with Gasteiger partial charge >= 0.3 is 0 Å². The molecule has 0 radical (unpaired) electrons. The minimum absolute atomic E-state index is 0.196. The molecule has 0 aliphatic heterocycles. The average molecular weight is 239 g/mol. The number of ether oxygens (including phenoxy) is 2. The molecule has 1 aromatic carbocycles. The van der Waals surface area contributed by atoms with E-state index in [9.17, 15) is 5.11 Å². The van der Waals surface area contributed by atoms with Gasteiger partial charge < -0.3 is 20.3 Å². The minimum atomic E-state index is -0.522. The van der Waals surface area contributed by atoms with Gasteiger partial charge in [-0.15, -0.1) is 0 Å². The van der Waals surface area contributed by atoms with Gasteiger partial charge in [-0.25, -0.2) is 0 Å².